The number of hydrogen-bond donors (Lipinski definition) is 0. The van der Waals surface area contributed by atoms with E-state index in [0.717, 1.165) is 33.2 Å². The Bertz CT molecular complexity index is 2200. The van der Waals surface area contributed by atoms with Gasteiger partial charge < -0.3 is 0 Å². The Balaban J connectivity index is 1.52. The van der Waals surface area contributed by atoms with E-state index in [1.807, 2.05) is 23.5 Å². The van der Waals surface area contributed by atoms with Gasteiger partial charge in [0.25, 0.3) is 0 Å². The first-order valence-electron chi connectivity index (χ1n) is 12.8. The average molecular weight is 506 g/mol. The van der Waals surface area contributed by atoms with Crippen LogP contribution in [0.3, 0.4) is 0 Å². The number of thiophene rings is 1. The zero-order valence-corrected chi connectivity index (χ0v) is 21.9. The van der Waals surface area contributed by atoms with E-state index in [1.165, 1.54) is 42.1 Å². The molecule has 0 N–H and O–H groups in total. The quantitative estimate of drug-likeness (QED) is 0.234. The van der Waals surface area contributed by atoms with Gasteiger partial charge in [-0.1, -0.05) is 71.8 Å². The summed E-state index contributed by atoms with van der Waals surface area (Å²) in [7, 11) is 0. The van der Waals surface area contributed by atoms with Gasteiger partial charge in [-0.15, -0.1) is 11.3 Å². The summed E-state index contributed by atoms with van der Waals surface area (Å²) in [5.41, 5.74) is 7.77. The number of aryl methyl sites for hydroxylation is 2. The van der Waals surface area contributed by atoms with E-state index in [0.29, 0.717) is 5.95 Å². The van der Waals surface area contributed by atoms with E-state index in [1.54, 1.807) is 0 Å². The van der Waals surface area contributed by atoms with Crippen LogP contribution in [0, 0.1) is 13.8 Å². The van der Waals surface area contributed by atoms with Crippen molar-refractivity contribution in [1.82, 2.24) is 14.5 Å². The molecule has 180 valence electrons. The van der Waals surface area contributed by atoms with Crippen LogP contribution in [0.15, 0.2) is 103 Å². The average Bonchev–Trinajstić information content (AvgIpc) is 3.45. The van der Waals surface area contributed by atoms with E-state index in [-0.39, 0.29) is 0 Å². The molecule has 0 saturated carbocycles. The first-order chi connectivity index (χ1) is 18.6. The van der Waals surface area contributed by atoms with Crippen LogP contribution in [0.25, 0.3) is 70.1 Å². The van der Waals surface area contributed by atoms with Crippen LogP contribution in [0.2, 0.25) is 0 Å². The van der Waals surface area contributed by atoms with Crippen molar-refractivity contribution in [2.75, 3.05) is 0 Å². The van der Waals surface area contributed by atoms with Gasteiger partial charge in [0, 0.05) is 41.9 Å². The molecule has 0 radical (unpaired) electrons. The Kier molecular flexibility index (Phi) is 4.52. The van der Waals surface area contributed by atoms with Gasteiger partial charge in [-0.25, -0.2) is 9.97 Å². The number of para-hydroxylation sites is 1. The highest BCUT2D eigenvalue weighted by Gasteiger charge is 2.19. The predicted octanol–water partition coefficient (Wildman–Crippen LogP) is 9.38. The molecule has 0 unspecified atom stereocenters. The summed E-state index contributed by atoms with van der Waals surface area (Å²) in [5.74, 6) is 0.697. The van der Waals surface area contributed by atoms with Crippen molar-refractivity contribution in [3.05, 3.63) is 114 Å². The largest absolute Gasteiger partial charge is 0.278 e. The molecule has 0 fully saturated rings. The lowest BCUT2D eigenvalue weighted by Crippen LogP contribution is -2.03. The maximum absolute atomic E-state index is 5.23. The molecule has 8 rings (SSSR count). The molecule has 4 heteroatoms. The maximum Gasteiger partial charge on any atom is 0.235 e. The summed E-state index contributed by atoms with van der Waals surface area (Å²) in [5, 5.41) is 6.16. The highest BCUT2D eigenvalue weighted by atomic mass is 32.1. The Morgan fingerprint density at radius 1 is 0.553 bits per heavy atom. The fraction of sp³-hybridized carbons (Fsp3) is 0.0588. The molecule has 0 aliphatic rings. The molecule has 5 aromatic carbocycles. The van der Waals surface area contributed by atoms with Gasteiger partial charge in [0.15, 0.2) is 0 Å². The van der Waals surface area contributed by atoms with E-state index in [4.69, 9.17) is 9.97 Å². The van der Waals surface area contributed by atoms with Crippen molar-refractivity contribution in [1.29, 1.82) is 0 Å². The third-order valence-electron chi connectivity index (χ3n) is 7.51. The van der Waals surface area contributed by atoms with E-state index < -0.39 is 0 Å². The second kappa shape index (κ2) is 7.98. The fourth-order valence-electron chi connectivity index (χ4n) is 5.71. The SMILES string of the molecule is Cc1ccc2sc3cc4c(cc3c2c1)c1cc(C)ccc1n4-c1nc(-c2ccccc2)c2ccccc2n1. The number of rotatable bonds is 2. The fourth-order valence-corrected chi connectivity index (χ4v) is 6.81. The van der Waals surface area contributed by atoms with Crippen LogP contribution in [0.5, 0.6) is 0 Å². The maximum atomic E-state index is 5.23. The minimum atomic E-state index is 0.697. The van der Waals surface area contributed by atoms with Gasteiger partial charge in [0.1, 0.15) is 0 Å². The van der Waals surface area contributed by atoms with E-state index in [9.17, 15) is 0 Å². The molecule has 3 nitrogen and oxygen atoms in total. The number of aromatic nitrogens is 3. The highest BCUT2D eigenvalue weighted by Crippen LogP contribution is 2.41. The van der Waals surface area contributed by atoms with Crippen molar-refractivity contribution in [3.63, 3.8) is 0 Å². The third kappa shape index (κ3) is 3.14. The van der Waals surface area contributed by atoms with Crippen LogP contribution < -0.4 is 0 Å². The van der Waals surface area contributed by atoms with Crippen LogP contribution in [-0.4, -0.2) is 14.5 Å². The Morgan fingerprint density at radius 2 is 1.26 bits per heavy atom. The first kappa shape index (κ1) is 21.5. The smallest absolute Gasteiger partial charge is 0.235 e. The van der Waals surface area contributed by atoms with Crippen LogP contribution in [0.1, 0.15) is 11.1 Å². The van der Waals surface area contributed by atoms with Gasteiger partial charge in [-0.3, -0.25) is 4.57 Å². The zero-order valence-electron chi connectivity index (χ0n) is 21.1. The minimum Gasteiger partial charge on any atom is -0.278 e. The van der Waals surface area contributed by atoms with Gasteiger partial charge in [0.2, 0.25) is 5.95 Å². The zero-order chi connectivity index (χ0) is 25.4. The molecule has 0 saturated heterocycles. The van der Waals surface area contributed by atoms with Crippen LogP contribution in [0.4, 0.5) is 0 Å². The molecule has 0 aliphatic heterocycles. The standard InChI is InChI=1S/C34H23N3S/c1-20-12-14-29-24(16-20)25-18-27-26-17-21(2)13-15-31(26)38-32(27)19-30(25)37(29)34-35-28-11-7-6-10-23(28)33(36-34)22-8-4-3-5-9-22/h3-19H,1-2H3. The van der Waals surface area contributed by atoms with Gasteiger partial charge in [0.05, 0.1) is 22.2 Å². The Morgan fingerprint density at radius 3 is 2.13 bits per heavy atom. The first-order valence-corrected chi connectivity index (χ1v) is 13.7. The molecular formula is C34H23N3S. The molecular weight excluding hydrogens is 482 g/mol. The minimum absolute atomic E-state index is 0.697. The molecule has 3 heterocycles. The monoisotopic (exact) mass is 505 g/mol. The number of fused-ring (bicyclic) bond motifs is 7. The highest BCUT2D eigenvalue weighted by molar-refractivity contribution is 7.25. The van der Waals surface area contributed by atoms with Crippen molar-refractivity contribution in [2.45, 2.75) is 13.8 Å². The summed E-state index contributed by atoms with van der Waals surface area (Å²) in [6.45, 7) is 4.32. The number of benzene rings is 5. The van der Waals surface area contributed by atoms with Crippen molar-refractivity contribution in [3.8, 4) is 17.2 Å². The molecule has 38 heavy (non-hydrogen) atoms. The third-order valence-corrected chi connectivity index (χ3v) is 8.64. The van der Waals surface area contributed by atoms with Gasteiger partial charge >= 0.3 is 0 Å². The lowest BCUT2D eigenvalue weighted by molar-refractivity contribution is 1.01. The Labute approximate surface area is 223 Å². The molecule has 8 aromatic rings. The normalized spacial score (nSPS) is 11.9. The lowest BCUT2D eigenvalue weighted by atomic mass is 10.1. The number of nitrogens with zero attached hydrogens (tertiary/aromatic N) is 3. The molecule has 3 aromatic heterocycles. The summed E-state index contributed by atoms with van der Waals surface area (Å²) in [6, 6.07) is 36.9. The molecule has 0 atom stereocenters. The van der Waals surface area contributed by atoms with Crippen molar-refractivity contribution in [2.24, 2.45) is 0 Å². The Hall–Kier alpha value is -4.54. The van der Waals surface area contributed by atoms with Crippen LogP contribution in [-0.2, 0) is 0 Å². The summed E-state index contributed by atoms with van der Waals surface area (Å²) < 4.78 is 4.85. The molecule has 0 aliphatic carbocycles. The van der Waals surface area contributed by atoms with E-state index in [2.05, 4.69) is 109 Å². The second-order valence-electron chi connectivity index (χ2n) is 10.1. The number of hydrogen-bond acceptors (Lipinski definition) is 3. The molecule has 0 amide bonds. The van der Waals surface area contributed by atoms with Gasteiger partial charge in [-0.2, -0.15) is 0 Å². The predicted molar refractivity (Wildman–Crippen MR) is 162 cm³/mol. The molecule has 0 spiro atoms. The van der Waals surface area contributed by atoms with Crippen molar-refractivity contribution < 1.29 is 0 Å². The molecule has 0 bridgehead atoms. The second-order valence-corrected chi connectivity index (χ2v) is 11.2. The van der Waals surface area contributed by atoms with Gasteiger partial charge in [-0.05, 0) is 56.3 Å². The summed E-state index contributed by atoms with van der Waals surface area (Å²) in [4.78, 5) is 10.3. The summed E-state index contributed by atoms with van der Waals surface area (Å²) in [6.07, 6.45) is 0. The van der Waals surface area contributed by atoms with Crippen LogP contribution >= 0.6 is 11.3 Å². The van der Waals surface area contributed by atoms with E-state index >= 15 is 0 Å². The summed E-state index contributed by atoms with van der Waals surface area (Å²) >= 11 is 1.85. The lowest BCUT2D eigenvalue weighted by Gasteiger charge is -2.11. The topological polar surface area (TPSA) is 30.7 Å². The van der Waals surface area contributed by atoms with Crippen molar-refractivity contribution >= 4 is 64.2 Å².